The summed E-state index contributed by atoms with van der Waals surface area (Å²) < 4.78 is 5.70. The predicted octanol–water partition coefficient (Wildman–Crippen LogP) is 5.21. The number of benzene rings is 2. The molecule has 0 saturated heterocycles. The third kappa shape index (κ3) is 5.94. The van der Waals surface area contributed by atoms with Crippen LogP contribution in [-0.2, 0) is 11.2 Å². The molecule has 3 rings (SSSR count). The summed E-state index contributed by atoms with van der Waals surface area (Å²) >= 11 is 1.24. The molecule has 1 amide bonds. The van der Waals surface area contributed by atoms with Crippen molar-refractivity contribution in [2.75, 3.05) is 5.75 Å². The zero-order chi connectivity index (χ0) is 20.8. The highest BCUT2D eigenvalue weighted by atomic mass is 32.2. The molecule has 0 fully saturated rings. The fourth-order valence-corrected chi connectivity index (χ4v) is 3.67. The molecule has 3 aromatic rings. The summed E-state index contributed by atoms with van der Waals surface area (Å²) in [6.45, 7) is 8.41. The van der Waals surface area contributed by atoms with E-state index in [1.807, 2.05) is 38.1 Å². The third-order valence-corrected chi connectivity index (χ3v) is 5.43. The Morgan fingerprint density at radius 1 is 1.07 bits per heavy atom. The molecule has 0 saturated carbocycles. The molecule has 6 heteroatoms. The van der Waals surface area contributed by atoms with Gasteiger partial charge >= 0.3 is 0 Å². The van der Waals surface area contributed by atoms with Gasteiger partial charge in [-0.15, -0.1) is 10.2 Å². The number of nitrogens with zero attached hydrogens (tertiary/aromatic N) is 2. The van der Waals surface area contributed by atoms with Gasteiger partial charge in [0, 0.05) is 5.56 Å². The molecular formula is C23H27N3O2S. The Morgan fingerprint density at radius 3 is 2.48 bits per heavy atom. The van der Waals surface area contributed by atoms with Gasteiger partial charge in [0.15, 0.2) is 0 Å². The van der Waals surface area contributed by atoms with Gasteiger partial charge in [-0.3, -0.25) is 4.79 Å². The van der Waals surface area contributed by atoms with Crippen molar-refractivity contribution < 1.29 is 9.21 Å². The molecule has 1 N–H and O–H groups in total. The van der Waals surface area contributed by atoms with E-state index in [2.05, 4.69) is 53.6 Å². The minimum Gasteiger partial charge on any atom is -0.411 e. The zero-order valence-electron chi connectivity index (χ0n) is 17.3. The van der Waals surface area contributed by atoms with Gasteiger partial charge in [0.25, 0.3) is 5.22 Å². The molecule has 0 aliphatic heterocycles. The van der Waals surface area contributed by atoms with Gasteiger partial charge in [-0.25, -0.2) is 0 Å². The van der Waals surface area contributed by atoms with Crippen LogP contribution < -0.4 is 5.32 Å². The number of carbonyl (C=O) groups is 1. The minimum absolute atomic E-state index is 0.0542. The lowest BCUT2D eigenvalue weighted by molar-refractivity contribution is -0.119. The van der Waals surface area contributed by atoms with Crippen LogP contribution in [0, 0.1) is 12.8 Å². The number of amides is 1. The van der Waals surface area contributed by atoms with Crippen LogP contribution in [0.4, 0.5) is 0 Å². The molecule has 5 nitrogen and oxygen atoms in total. The summed E-state index contributed by atoms with van der Waals surface area (Å²) in [6.07, 6.45) is 1.06. The van der Waals surface area contributed by atoms with Crippen LogP contribution in [0.2, 0.25) is 0 Å². The number of nitrogens with one attached hydrogen (secondary N) is 1. The van der Waals surface area contributed by atoms with Crippen LogP contribution in [0.5, 0.6) is 0 Å². The first-order chi connectivity index (χ1) is 13.9. The quantitative estimate of drug-likeness (QED) is 0.517. The number of thioether (sulfide) groups is 1. The number of carbonyl (C=O) groups excluding carboxylic acids is 1. The molecule has 29 heavy (non-hydrogen) atoms. The SMILES string of the molecule is Cc1ccccc1-c1nnc(SCC(=O)N[C@@H](C)c2ccc(CC(C)C)cc2)o1. The molecule has 1 aromatic heterocycles. The Bertz CT molecular complexity index is 951. The first kappa shape index (κ1) is 21.1. The van der Waals surface area contributed by atoms with Gasteiger partial charge < -0.3 is 9.73 Å². The molecule has 0 bridgehead atoms. The van der Waals surface area contributed by atoms with Crippen LogP contribution in [-0.4, -0.2) is 21.9 Å². The zero-order valence-corrected chi connectivity index (χ0v) is 18.1. The maximum Gasteiger partial charge on any atom is 0.277 e. The highest BCUT2D eigenvalue weighted by molar-refractivity contribution is 7.99. The second kappa shape index (κ2) is 9.74. The summed E-state index contributed by atoms with van der Waals surface area (Å²) in [5, 5.41) is 11.6. The van der Waals surface area contributed by atoms with Crippen LogP contribution in [0.25, 0.3) is 11.5 Å². The van der Waals surface area contributed by atoms with E-state index in [-0.39, 0.29) is 17.7 Å². The largest absolute Gasteiger partial charge is 0.411 e. The maximum atomic E-state index is 12.3. The van der Waals surface area contributed by atoms with Gasteiger partial charge in [0.05, 0.1) is 11.8 Å². The van der Waals surface area contributed by atoms with Crippen molar-refractivity contribution in [1.29, 1.82) is 0 Å². The van der Waals surface area contributed by atoms with Crippen molar-refractivity contribution in [1.82, 2.24) is 15.5 Å². The highest BCUT2D eigenvalue weighted by Crippen LogP contribution is 2.25. The lowest BCUT2D eigenvalue weighted by Crippen LogP contribution is -2.28. The topological polar surface area (TPSA) is 68.0 Å². The monoisotopic (exact) mass is 409 g/mol. The lowest BCUT2D eigenvalue weighted by atomic mass is 10.00. The highest BCUT2D eigenvalue weighted by Gasteiger charge is 2.14. The van der Waals surface area contributed by atoms with E-state index in [1.54, 1.807) is 0 Å². The normalized spacial score (nSPS) is 12.2. The standard InChI is InChI=1S/C23H27N3O2S/c1-15(2)13-18-9-11-19(12-10-18)17(4)24-21(27)14-29-23-26-25-22(28-23)20-8-6-5-7-16(20)3/h5-12,15,17H,13-14H2,1-4H3,(H,24,27)/t17-/m0/s1. The van der Waals surface area contributed by atoms with E-state index >= 15 is 0 Å². The molecular weight excluding hydrogens is 382 g/mol. The summed E-state index contributed by atoms with van der Waals surface area (Å²) in [7, 11) is 0. The lowest BCUT2D eigenvalue weighted by Gasteiger charge is -2.15. The van der Waals surface area contributed by atoms with Crippen molar-refractivity contribution in [2.24, 2.45) is 5.92 Å². The van der Waals surface area contributed by atoms with Gasteiger partial charge in [-0.05, 0) is 48.9 Å². The van der Waals surface area contributed by atoms with Crippen molar-refractivity contribution in [2.45, 2.75) is 45.4 Å². The average Bonchev–Trinajstić information content (AvgIpc) is 3.15. The van der Waals surface area contributed by atoms with E-state index in [1.165, 1.54) is 17.3 Å². The Balaban J connectivity index is 1.51. The molecule has 0 radical (unpaired) electrons. The fraction of sp³-hybridized carbons (Fsp3) is 0.348. The molecule has 0 aliphatic carbocycles. The fourth-order valence-electron chi connectivity index (χ4n) is 3.10. The number of aromatic nitrogens is 2. The van der Waals surface area contributed by atoms with Crippen molar-refractivity contribution in [3.05, 3.63) is 65.2 Å². The Labute approximate surface area is 176 Å². The minimum atomic E-state index is -0.0654. The first-order valence-corrected chi connectivity index (χ1v) is 10.8. The summed E-state index contributed by atoms with van der Waals surface area (Å²) in [4.78, 5) is 12.3. The van der Waals surface area contributed by atoms with E-state index in [0.29, 0.717) is 17.0 Å². The van der Waals surface area contributed by atoms with Crippen LogP contribution in [0.1, 0.15) is 43.5 Å². The Morgan fingerprint density at radius 2 is 1.79 bits per heavy atom. The smallest absolute Gasteiger partial charge is 0.277 e. The Kier molecular flexibility index (Phi) is 7.09. The number of aryl methyl sites for hydroxylation is 1. The Hall–Kier alpha value is -2.60. The molecule has 1 atom stereocenters. The average molecular weight is 410 g/mol. The first-order valence-electron chi connectivity index (χ1n) is 9.83. The van der Waals surface area contributed by atoms with Gasteiger partial charge in [0.2, 0.25) is 11.8 Å². The molecule has 1 heterocycles. The second-order valence-corrected chi connectivity index (χ2v) is 8.53. The van der Waals surface area contributed by atoms with Crippen LogP contribution in [0.15, 0.2) is 58.2 Å². The summed E-state index contributed by atoms with van der Waals surface area (Å²) in [6, 6.07) is 16.2. The van der Waals surface area contributed by atoms with E-state index < -0.39 is 0 Å². The number of rotatable bonds is 8. The summed E-state index contributed by atoms with van der Waals surface area (Å²) in [5.74, 6) is 1.27. The third-order valence-electron chi connectivity index (χ3n) is 4.61. The maximum absolute atomic E-state index is 12.3. The number of hydrogen-bond acceptors (Lipinski definition) is 5. The van der Waals surface area contributed by atoms with Crippen LogP contribution in [0.3, 0.4) is 0 Å². The molecule has 152 valence electrons. The van der Waals surface area contributed by atoms with Crippen molar-refractivity contribution in [3.63, 3.8) is 0 Å². The second-order valence-electron chi connectivity index (χ2n) is 7.61. The molecule has 0 unspecified atom stereocenters. The van der Waals surface area contributed by atoms with E-state index in [9.17, 15) is 4.79 Å². The van der Waals surface area contributed by atoms with Gasteiger partial charge in [-0.1, -0.05) is 68.1 Å². The number of hydrogen-bond donors (Lipinski definition) is 1. The molecule has 0 aliphatic rings. The predicted molar refractivity (Wildman–Crippen MR) is 117 cm³/mol. The van der Waals surface area contributed by atoms with E-state index in [4.69, 9.17) is 4.42 Å². The molecule has 0 spiro atoms. The van der Waals surface area contributed by atoms with Crippen molar-refractivity contribution in [3.8, 4) is 11.5 Å². The van der Waals surface area contributed by atoms with Gasteiger partial charge in [-0.2, -0.15) is 0 Å². The molecule has 2 aromatic carbocycles. The van der Waals surface area contributed by atoms with Gasteiger partial charge in [0.1, 0.15) is 0 Å². The summed E-state index contributed by atoms with van der Waals surface area (Å²) in [5.41, 5.74) is 4.39. The van der Waals surface area contributed by atoms with Crippen LogP contribution >= 0.6 is 11.8 Å². The van der Waals surface area contributed by atoms with E-state index in [0.717, 1.165) is 23.1 Å². The van der Waals surface area contributed by atoms with Crippen molar-refractivity contribution >= 4 is 17.7 Å².